The molecule has 8 heteroatoms. The Labute approximate surface area is 150 Å². The highest BCUT2D eigenvalue weighted by Gasteiger charge is 2.22. The zero-order valence-electron chi connectivity index (χ0n) is 14.6. The largest absolute Gasteiger partial charge is 0.454 e. The molecule has 0 atom stereocenters. The van der Waals surface area contributed by atoms with E-state index in [0.29, 0.717) is 38.3 Å². The summed E-state index contributed by atoms with van der Waals surface area (Å²) in [7, 11) is 1.62. The molecule has 0 saturated carbocycles. The molecule has 2 aliphatic heterocycles. The van der Waals surface area contributed by atoms with Crippen molar-refractivity contribution in [3.05, 3.63) is 46.4 Å². The molecule has 4 rings (SSSR count). The Balaban J connectivity index is 1.36. The number of piperazine rings is 1. The van der Waals surface area contributed by atoms with Gasteiger partial charge in [0.15, 0.2) is 11.5 Å². The second-order valence-electron chi connectivity index (χ2n) is 6.41. The Morgan fingerprint density at radius 2 is 1.88 bits per heavy atom. The molecule has 2 aromatic rings. The summed E-state index contributed by atoms with van der Waals surface area (Å²) < 4.78 is 12.0. The Morgan fingerprint density at radius 1 is 1.12 bits per heavy atom. The van der Waals surface area contributed by atoms with Crippen LogP contribution in [-0.4, -0.2) is 53.6 Å². The maximum Gasteiger partial charge on any atom is 0.268 e. The number of aryl methyl sites for hydroxylation is 1. The molecule has 0 N–H and O–H groups in total. The van der Waals surface area contributed by atoms with Crippen molar-refractivity contribution in [1.29, 1.82) is 0 Å². The summed E-state index contributed by atoms with van der Waals surface area (Å²) in [6.45, 7) is 2.84. The van der Waals surface area contributed by atoms with Gasteiger partial charge in [-0.05, 0) is 17.7 Å². The predicted molar refractivity (Wildman–Crippen MR) is 94.5 cm³/mol. The smallest absolute Gasteiger partial charge is 0.268 e. The summed E-state index contributed by atoms with van der Waals surface area (Å²) >= 11 is 0. The number of benzene rings is 1. The van der Waals surface area contributed by atoms with Gasteiger partial charge in [0, 0.05) is 39.3 Å². The van der Waals surface area contributed by atoms with E-state index < -0.39 is 0 Å². The molecule has 136 valence electrons. The third kappa shape index (κ3) is 3.22. The molecule has 8 nitrogen and oxygen atoms in total. The molecule has 1 amide bonds. The molecular formula is C18H20N4O4. The number of hydrogen-bond acceptors (Lipinski definition) is 6. The van der Waals surface area contributed by atoms with Crippen LogP contribution in [0.1, 0.15) is 5.56 Å². The van der Waals surface area contributed by atoms with Gasteiger partial charge in [-0.25, -0.2) is 4.68 Å². The third-order valence-electron chi connectivity index (χ3n) is 4.74. The fraction of sp³-hybridized carbons (Fsp3) is 0.389. The van der Waals surface area contributed by atoms with Gasteiger partial charge in [0.05, 0.1) is 18.3 Å². The lowest BCUT2D eigenvalue weighted by molar-refractivity contribution is -0.130. The van der Waals surface area contributed by atoms with Crippen LogP contribution < -0.4 is 19.9 Å². The van der Waals surface area contributed by atoms with Crippen molar-refractivity contribution in [2.75, 3.05) is 37.9 Å². The van der Waals surface area contributed by atoms with E-state index in [1.54, 1.807) is 19.3 Å². The molecule has 3 heterocycles. The molecule has 0 aliphatic carbocycles. The lowest BCUT2D eigenvalue weighted by atomic mass is 10.1. The average Bonchev–Trinajstić information content (AvgIpc) is 3.12. The summed E-state index contributed by atoms with van der Waals surface area (Å²) in [5, 5.41) is 4.05. The van der Waals surface area contributed by atoms with Crippen LogP contribution in [0.3, 0.4) is 0 Å². The first-order chi connectivity index (χ1) is 12.6. The minimum Gasteiger partial charge on any atom is -0.454 e. The summed E-state index contributed by atoms with van der Waals surface area (Å²) in [6.07, 6.45) is 2.02. The van der Waals surface area contributed by atoms with Crippen LogP contribution in [0.25, 0.3) is 0 Å². The summed E-state index contributed by atoms with van der Waals surface area (Å²) in [5.74, 6) is 1.50. The van der Waals surface area contributed by atoms with Crippen LogP contribution in [0.15, 0.2) is 35.3 Å². The number of fused-ring (bicyclic) bond motifs is 1. The number of amides is 1. The van der Waals surface area contributed by atoms with Gasteiger partial charge in [-0.15, -0.1) is 0 Å². The normalized spacial score (nSPS) is 16.0. The predicted octanol–water partition coefficient (Wildman–Crippen LogP) is 0.400. The van der Waals surface area contributed by atoms with Crippen LogP contribution in [0.5, 0.6) is 11.5 Å². The maximum absolute atomic E-state index is 12.6. The Bertz CT molecular complexity index is 887. The van der Waals surface area contributed by atoms with Crippen molar-refractivity contribution in [1.82, 2.24) is 14.7 Å². The second-order valence-corrected chi connectivity index (χ2v) is 6.41. The number of ether oxygens (including phenoxy) is 2. The van der Waals surface area contributed by atoms with Crippen LogP contribution in [0.4, 0.5) is 5.69 Å². The Kier molecular flexibility index (Phi) is 4.24. The number of carbonyl (C=O) groups is 1. The first-order valence-corrected chi connectivity index (χ1v) is 8.55. The summed E-state index contributed by atoms with van der Waals surface area (Å²) in [4.78, 5) is 28.2. The van der Waals surface area contributed by atoms with Gasteiger partial charge < -0.3 is 19.3 Å². The highest BCUT2D eigenvalue weighted by Crippen LogP contribution is 2.32. The number of rotatable bonds is 3. The molecule has 1 fully saturated rings. The lowest BCUT2D eigenvalue weighted by Crippen LogP contribution is -2.49. The van der Waals surface area contributed by atoms with E-state index in [2.05, 4.69) is 10.00 Å². The molecule has 2 aliphatic rings. The van der Waals surface area contributed by atoms with E-state index in [0.717, 1.165) is 17.0 Å². The van der Waals surface area contributed by atoms with Gasteiger partial charge in [-0.1, -0.05) is 6.07 Å². The number of aromatic nitrogens is 2. The van der Waals surface area contributed by atoms with Crippen LogP contribution in [0, 0.1) is 0 Å². The van der Waals surface area contributed by atoms with E-state index in [-0.39, 0.29) is 18.3 Å². The quantitative estimate of drug-likeness (QED) is 0.792. The van der Waals surface area contributed by atoms with Gasteiger partial charge in [0.2, 0.25) is 12.7 Å². The fourth-order valence-corrected chi connectivity index (χ4v) is 3.18. The number of carbonyl (C=O) groups excluding carboxylic acids is 1. The van der Waals surface area contributed by atoms with E-state index in [9.17, 15) is 9.59 Å². The number of hydrogen-bond donors (Lipinski definition) is 0. The highest BCUT2D eigenvalue weighted by atomic mass is 16.7. The molecule has 26 heavy (non-hydrogen) atoms. The standard InChI is InChI=1S/C18H20N4O4/c1-20-17(23)10-14(11-19-20)21-4-6-22(7-5-21)18(24)9-13-2-3-15-16(8-13)26-12-25-15/h2-3,8,10-11H,4-7,9,12H2,1H3. The van der Waals surface area contributed by atoms with Crippen molar-refractivity contribution < 1.29 is 14.3 Å². The van der Waals surface area contributed by atoms with E-state index in [4.69, 9.17) is 9.47 Å². The van der Waals surface area contributed by atoms with Gasteiger partial charge in [0.1, 0.15) is 0 Å². The van der Waals surface area contributed by atoms with Crippen molar-refractivity contribution in [3.8, 4) is 11.5 Å². The first-order valence-electron chi connectivity index (χ1n) is 8.55. The number of nitrogens with zero attached hydrogens (tertiary/aromatic N) is 4. The fourth-order valence-electron chi connectivity index (χ4n) is 3.18. The van der Waals surface area contributed by atoms with Crippen LogP contribution in [0.2, 0.25) is 0 Å². The van der Waals surface area contributed by atoms with Gasteiger partial charge in [-0.3, -0.25) is 9.59 Å². The lowest BCUT2D eigenvalue weighted by Gasteiger charge is -2.36. The molecule has 1 aromatic carbocycles. The molecule has 1 saturated heterocycles. The molecule has 0 radical (unpaired) electrons. The Hall–Kier alpha value is -3.03. The van der Waals surface area contributed by atoms with E-state index >= 15 is 0 Å². The summed E-state index contributed by atoms with van der Waals surface area (Å²) in [6, 6.07) is 7.18. The molecule has 0 unspecified atom stereocenters. The van der Waals surface area contributed by atoms with Gasteiger partial charge >= 0.3 is 0 Å². The van der Waals surface area contributed by atoms with E-state index in [1.807, 2.05) is 23.1 Å². The maximum atomic E-state index is 12.6. The molecule has 0 bridgehead atoms. The second kappa shape index (κ2) is 6.70. The van der Waals surface area contributed by atoms with Crippen LogP contribution >= 0.6 is 0 Å². The molecule has 1 aromatic heterocycles. The molecular weight excluding hydrogens is 336 g/mol. The van der Waals surface area contributed by atoms with Crippen molar-refractivity contribution in [3.63, 3.8) is 0 Å². The Morgan fingerprint density at radius 3 is 2.65 bits per heavy atom. The van der Waals surface area contributed by atoms with E-state index in [1.165, 1.54) is 4.68 Å². The van der Waals surface area contributed by atoms with Crippen molar-refractivity contribution in [2.45, 2.75) is 6.42 Å². The first kappa shape index (κ1) is 16.4. The minimum atomic E-state index is -0.135. The third-order valence-corrected chi connectivity index (χ3v) is 4.74. The van der Waals surface area contributed by atoms with Gasteiger partial charge in [0.25, 0.3) is 5.56 Å². The zero-order valence-corrected chi connectivity index (χ0v) is 14.6. The SMILES string of the molecule is Cn1ncc(N2CCN(C(=O)Cc3ccc4c(c3)OCO4)CC2)cc1=O. The van der Waals surface area contributed by atoms with Gasteiger partial charge in [-0.2, -0.15) is 5.10 Å². The molecule has 0 spiro atoms. The topological polar surface area (TPSA) is 76.9 Å². The highest BCUT2D eigenvalue weighted by molar-refractivity contribution is 5.79. The monoisotopic (exact) mass is 356 g/mol. The van der Waals surface area contributed by atoms with Crippen molar-refractivity contribution >= 4 is 11.6 Å². The number of anilines is 1. The minimum absolute atomic E-state index is 0.0885. The zero-order chi connectivity index (χ0) is 18.1. The van der Waals surface area contributed by atoms with Crippen molar-refractivity contribution in [2.24, 2.45) is 7.05 Å². The summed E-state index contributed by atoms with van der Waals surface area (Å²) in [5.41, 5.74) is 1.58. The average molecular weight is 356 g/mol. The van der Waals surface area contributed by atoms with Crippen LogP contribution in [-0.2, 0) is 18.3 Å².